The maximum Gasteiger partial charge on any atom is 0.161 e. The highest BCUT2D eigenvalue weighted by atomic mass is 14.9. The van der Waals surface area contributed by atoms with E-state index in [0.717, 1.165) is 61.0 Å². The molecular weight excluding hydrogens is 677 g/mol. The molecular formula is C54H36N2. The molecule has 0 amide bonds. The van der Waals surface area contributed by atoms with Gasteiger partial charge in [0, 0.05) is 21.9 Å². The van der Waals surface area contributed by atoms with Crippen molar-refractivity contribution in [2.75, 3.05) is 0 Å². The summed E-state index contributed by atoms with van der Waals surface area (Å²) in [6.07, 6.45) is 0. The molecule has 9 aromatic carbocycles. The zero-order valence-electron chi connectivity index (χ0n) is 30.7. The van der Waals surface area contributed by atoms with E-state index in [1.807, 2.05) is 6.07 Å². The van der Waals surface area contributed by atoms with Crippen molar-refractivity contribution in [3.05, 3.63) is 218 Å². The van der Waals surface area contributed by atoms with Gasteiger partial charge < -0.3 is 0 Å². The van der Waals surface area contributed by atoms with Crippen molar-refractivity contribution in [1.82, 2.24) is 9.97 Å². The van der Waals surface area contributed by atoms with Gasteiger partial charge in [0.2, 0.25) is 0 Å². The van der Waals surface area contributed by atoms with Crippen LogP contribution >= 0.6 is 0 Å². The van der Waals surface area contributed by atoms with Crippen molar-refractivity contribution in [3.8, 4) is 78.3 Å². The molecule has 2 nitrogen and oxygen atoms in total. The zero-order chi connectivity index (χ0) is 37.3. The standard InChI is InChI=1S/C54H36N2/c1-3-13-37(14-4-1)44-18-11-20-46(35-44)47-21-12-19-45(36-47)40-27-25-38(26-28-40)39-29-31-43(32-30-39)52-51-34-33-42-17-7-8-23-49(42)53(51)56-54(55-52)50-24-10-9-22-48(50)41-15-5-2-6-16-41/h1-36H. The fourth-order valence-corrected chi connectivity index (χ4v) is 7.81. The third kappa shape index (κ3) is 6.34. The van der Waals surface area contributed by atoms with Crippen LogP contribution in [0.2, 0.25) is 0 Å². The van der Waals surface area contributed by atoms with Crippen molar-refractivity contribution in [1.29, 1.82) is 0 Å². The van der Waals surface area contributed by atoms with E-state index in [9.17, 15) is 0 Å². The molecule has 10 rings (SSSR count). The van der Waals surface area contributed by atoms with Crippen LogP contribution in [0.3, 0.4) is 0 Å². The van der Waals surface area contributed by atoms with E-state index in [2.05, 4.69) is 212 Å². The molecule has 0 saturated carbocycles. The highest BCUT2D eigenvalue weighted by molar-refractivity contribution is 6.10. The third-order valence-corrected chi connectivity index (χ3v) is 10.7. The smallest absolute Gasteiger partial charge is 0.161 e. The van der Waals surface area contributed by atoms with Gasteiger partial charge in [-0.1, -0.05) is 200 Å². The number of benzene rings is 9. The normalized spacial score (nSPS) is 11.2. The Morgan fingerprint density at radius 3 is 1.32 bits per heavy atom. The van der Waals surface area contributed by atoms with Gasteiger partial charge in [-0.25, -0.2) is 9.97 Å². The van der Waals surface area contributed by atoms with Gasteiger partial charge in [-0.05, 0) is 79.2 Å². The van der Waals surface area contributed by atoms with E-state index >= 15 is 0 Å². The molecule has 10 aromatic rings. The fourth-order valence-electron chi connectivity index (χ4n) is 7.81. The number of rotatable bonds is 7. The number of hydrogen-bond donors (Lipinski definition) is 0. The number of fused-ring (bicyclic) bond motifs is 3. The second-order valence-electron chi connectivity index (χ2n) is 14.2. The lowest BCUT2D eigenvalue weighted by atomic mass is 9.95. The van der Waals surface area contributed by atoms with Crippen LogP contribution in [0.5, 0.6) is 0 Å². The predicted octanol–water partition coefficient (Wildman–Crippen LogP) is 14.5. The Bertz CT molecular complexity index is 2990. The molecule has 0 aliphatic carbocycles. The Labute approximate surface area is 327 Å². The summed E-state index contributed by atoms with van der Waals surface area (Å²) in [5, 5.41) is 3.32. The van der Waals surface area contributed by atoms with Crippen molar-refractivity contribution in [2.24, 2.45) is 0 Å². The van der Waals surface area contributed by atoms with Gasteiger partial charge in [-0.15, -0.1) is 0 Å². The van der Waals surface area contributed by atoms with Gasteiger partial charge >= 0.3 is 0 Å². The molecule has 0 atom stereocenters. The molecule has 0 spiro atoms. The molecule has 2 heteroatoms. The first-order valence-corrected chi connectivity index (χ1v) is 19.1. The van der Waals surface area contributed by atoms with E-state index in [-0.39, 0.29) is 0 Å². The summed E-state index contributed by atoms with van der Waals surface area (Å²) < 4.78 is 0. The SMILES string of the molecule is c1ccc(-c2cccc(-c3cccc(-c4ccc(-c5ccc(-c6nc(-c7ccccc7-c7ccccc7)nc7c6ccc6ccccc67)cc5)cc4)c3)c2)cc1. The molecule has 1 aromatic heterocycles. The molecule has 0 fully saturated rings. The average Bonchev–Trinajstić information content (AvgIpc) is 3.29. The Kier molecular flexibility index (Phi) is 8.55. The van der Waals surface area contributed by atoms with Crippen LogP contribution in [0.25, 0.3) is 100.0 Å². The third-order valence-electron chi connectivity index (χ3n) is 10.7. The van der Waals surface area contributed by atoms with Crippen LogP contribution in [-0.2, 0) is 0 Å². The lowest BCUT2D eigenvalue weighted by Crippen LogP contribution is -1.97. The average molecular weight is 713 g/mol. The predicted molar refractivity (Wildman–Crippen MR) is 235 cm³/mol. The van der Waals surface area contributed by atoms with Crippen LogP contribution in [-0.4, -0.2) is 9.97 Å². The van der Waals surface area contributed by atoms with E-state index in [1.54, 1.807) is 0 Å². The summed E-state index contributed by atoms with van der Waals surface area (Å²) in [6, 6.07) is 77.6. The summed E-state index contributed by atoms with van der Waals surface area (Å²) in [4.78, 5) is 10.6. The maximum absolute atomic E-state index is 5.32. The first-order valence-electron chi connectivity index (χ1n) is 19.1. The van der Waals surface area contributed by atoms with Gasteiger partial charge in [0.05, 0.1) is 11.2 Å². The van der Waals surface area contributed by atoms with Crippen LogP contribution < -0.4 is 0 Å². The van der Waals surface area contributed by atoms with Gasteiger partial charge in [-0.3, -0.25) is 0 Å². The monoisotopic (exact) mass is 712 g/mol. The van der Waals surface area contributed by atoms with Gasteiger partial charge in [0.1, 0.15) is 0 Å². The Hall–Kier alpha value is -7.42. The minimum atomic E-state index is 0.718. The maximum atomic E-state index is 5.32. The topological polar surface area (TPSA) is 25.8 Å². The largest absolute Gasteiger partial charge is 0.227 e. The lowest BCUT2D eigenvalue weighted by molar-refractivity contribution is 1.23. The van der Waals surface area contributed by atoms with E-state index < -0.39 is 0 Å². The molecule has 0 aliphatic rings. The molecule has 0 radical (unpaired) electrons. The fraction of sp³-hybridized carbons (Fsp3) is 0. The van der Waals surface area contributed by atoms with Crippen LogP contribution in [0.1, 0.15) is 0 Å². The molecule has 0 unspecified atom stereocenters. The molecule has 56 heavy (non-hydrogen) atoms. The molecule has 0 saturated heterocycles. The van der Waals surface area contributed by atoms with Crippen molar-refractivity contribution >= 4 is 21.7 Å². The zero-order valence-corrected chi connectivity index (χ0v) is 30.7. The van der Waals surface area contributed by atoms with E-state index in [0.29, 0.717) is 0 Å². The van der Waals surface area contributed by atoms with Crippen molar-refractivity contribution in [3.63, 3.8) is 0 Å². The molecule has 0 bridgehead atoms. The van der Waals surface area contributed by atoms with Crippen LogP contribution in [0.4, 0.5) is 0 Å². The van der Waals surface area contributed by atoms with Crippen molar-refractivity contribution in [2.45, 2.75) is 0 Å². The summed E-state index contributed by atoms with van der Waals surface area (Å²) in [7, 11) is 0. The van der Waals surface area contributed by atoms with E-state index in [4.69, 9.17) is 9.97 Å². The Morgan fingerprint density at radius 1 is 0.250 bits per heavy atom. The Balaban J connectivity index is 0.985. The first kappa shape index (κ1) is 33.2. The van der Waals surface area contributed by atoms with Gasteiger partial charge in [0.25, 0.3) is 0 Å². The molecule has 262 valence electrons. The van der Waals surface area contributed by atoms with Gasteiger partial charge in [0.15, 0.2) is 5.82 Å². The Morgan fingerprint density at radius 2 is 0.696 bits per heavy atom. The highest BCUT2D eigenvalue weighted by Gasteiger charge is 2.17. The number of aromatic nitrogens is 2. The molecule has 0 aliphatic heterocycles. The van der Waals surface area contributed by atoms with Crippen LogP contribution in [0.15, 0.2) is 218 Å². The van der Waals surface area contributed by atoms with Crippen molar-refractivity contribution < 1.29 is 0 Å². The second-order valence-corrected chi connectivity index (χ2v) is 14.2. The second kappa shape index (κ2) is 14.4. The minimum absolute atomic E-state index is 0.718. The summed E-state index contributed by atoms with van der Waals surface area (Å²) in [5.74, 6) is 0.718. The first-order chi connectivity index (χ1) is 27.7. The highest BCUT2D eigenvalue weighted by Crippen LogP contribution is 2.37. The minimum Gasteiger partial charge on any atom is -0.227 e. The number of nitrogens with zero attached hydrogens (tertiary/aromatic N) is 2. The summed E-state index contributed by atoms with van der Waals surface area (Å²) in [5.41, 5.74) is 15.8. The van der Waals surface area contributed by atoms with E-state index in [1.165, 1.54) is 38.9 Å². The number of hydrogen-bond acceptors (Lipinski definition) is 2. The van der Waals surface area contributed by atoms with Gasteiger partial charge in [-0.2, -0.15) is 0 Å². The lowest BCUT2D eigenvalue weighted by Gasteiger charge is -2.14. The van der Waals surface area contributed by atoms with Crippen LogP contribution in [0, 0.1) is 0 Å². The molecule has 1 heterocycles. The quantitative estimate of drug-likeness (QED) is 0.154. The summed E-state index contributed by atoms with van der Waals surface area (Å²) >= 11 is 0. The summed E-state index contributed by atoms with van der Waals surface area (Å²) in [6.45, 7) is 0. The molecule has 0 N–H and O–H groups in total.